The lowest BCUT2D eigenvalue weighted by atomic mass is 10.1. The Labute approximate surface area is 71.4 Å². The lowest BCUT2D eigenvalue weighted by Crippen LogP contribution is -2.30. The van der Waals surface area contributed by atoms with Crippen LogP contribution in [0.25, 0.3) is 0 Å². The average Bonchev–Trinajstić information content (AvgIpc) is 2.54. The Morgan fingerprint density at radius 1 is 1.17 bits per heavy atom. The fourth-order valence-corrected chi connectivity index (χ4v) is 1.49. The van der Waals surface area contributed by atoms with Gasteiger partial charge in [-0.25, -0.2) is 0 Å². The third-order valence-electron chi connectivity index (χ3n) is 2.14. The molecule has 1 saturated heterocycles. The highest BCUT2D eigenvalue weighted by molar-refractivity contribution is 5.26. The molecule has 0 spiro atoms. The Morgan fingerprint density at radius 3 is 2.50 bits per heavy atom. The van der Waals surface area contributed by atoms with Crippen molar-refractivity contribution < 1.29 is 0 Å². The molecular weight excluding hydrogens is 154 g/mol. The standard InChI is InChI=1S/C7H13N5/c1-11-9-7(8-10-11)12-5-3-2-4-6-12/h2-6H2,1H3. The van der Waals surface area contributed by atoms with E-state index in [-0.39, 0.29) is 0 Å². The summed E-state index contributed by atoms with van der Waals surface area (Å²) in [7, 11) is 1.79. The largest absolute Gasteiger partial charge is 0.338 e. The third-order valence-corrected chi connectivity index (χ3v) is 2.14. The van der Waals surface area contributed by atoms with Crippen LogP contribution in [0.5, 0.6) is 0 Å². The molecule has 0 atom stereocenters. The zero-order chi connectivity index (χ0) is 8.39. The molecule has 1 aliphatic heterocycles. The van der Waals surface area contributed by atoms with Crippen LogP contribution < -0.4 is 4.90 Å². The molecule has 5 heteroatoms. The van der Waals surface area contributed by atoms with Crippen LogP contribution >= 0.6 is 0 Å². The molecule has 0 saturated carbocycles. The molecule has 0 aromatic carbocycles. The third kappa shape index (κ3) is 1.39. The number of anilines is 1. The number of aryl methyl sites for hydroxylation is 1. The summed E-state index contributed by atoms with van der Waals surface area (Å²) in [5, 5.41) is 11.9. The van der Waals surface area contributed by atoms with Crippen molar-refractivity contribution >= 4 is 5.95 Å². The van der Waals surface area contributed by atoms with Gasteiger partial charge in [0.1, 0.15) is 0 Å². The van der Waals surface area contributed by atoms with E-state index in [1.165, 1.54) is 24.1 Å². The van der Waals surface area contributed by atoms with Gasteiger partial charge in [0.2, 0.25) is 0 Å². The first-order valence-electron chi connectivity index (χ1n) is 4.35. The molecule has 2 rings (SSSR count). The molecule has 66 valence electrons. The van der Waals surface area contributed by atoms with Gasteiger partial charge in [-0.1, -0.05) is 5.10 Å². The average molecular weight is 167 g/mol. The van der Waals surface area contributed by atoms with E-state index in [2.05, 4.69) is 20.3 Å². The van der Waals surface area contributed by atoms with Gasteiger partial charge in [-0.2, -0.15) is 4.80 Å². The van der Waals surface area contributed by atoms with Crippen LogP contribution in [0.3, 0.4) is 0 Å². The topological polar surface area (TPSA) is 46.8 Å². The maximum Gasteiger partial charge on any atom is 0.266 e. The van der Waals surface area contributed by atoms with Gasteiger partial charge < -0.3 is 4.90 Å². The van der Waals surface area contributed by atoms with E-state index in [1.807, 2.05) is 0 Å². The predicted octanol–water partition coefficient (Wildman–Crippen LogP) is 0.200. The molecule has 1 aliphatic rings. The molecule has 0 bridgehead atoms. The first-order valence-corrected chi connectivity index (χ1v) is 4.35. The minimum atomic E-state index is 0.775. The van der Waals surface area contributed by atoms with Crippen molar-refractivity contribution in [1.29, 1.82) is 0 Å². The van der Waals surface area contributed by atoms with Crippen molar-refractivity contribution in [3.05, 3.63) is 0 Å². The number of aromatic nitrogens is 4. The van der Waals surface area contributed by atoms with Crippen LogP contribution in [0.4, 0.5) is 5.95 Å². The van der Waals surface area contributed by atoms with E-state index in [9.17, 15) is 0 Å². The Bertz CT molecular complexity index is 250. The van der Waals surface area contributed by atoms with Crippen molar-refractivity contribution in [2.24, 2.45) is 7.05 Å². The summed E-state index contributed by atoms with van der Waals surface area (Å²) in [6.07, 6.45) is 3.83. The van der Waals surface area contributed by atoms with E-state index < -0.39 is 0 Å². The molecule has 0 unspecified atom stereocenters. The van der Waals surface area contributed by atoms with Crippen molar-refractivity contribution in [2.75, 3.05) is 18.0 Å². The summed E-state index contributed by atoms with van der Waals surface area (Å²) in [4.78, 5) is 3.69. The van der Waals surface area contributed by atoms with Crippen LogP contribution in [0.2, 0.25) is 0 Å². The number of piperidine rings is 1. The summed E-state index contributed by atoms with van der Waals surface area (Å²) in [6.45, 7) is 2.15. The van der Waals surface area contributed by atoms with Gasteiger partial charge in [-0.05, 0) is 24.5 Å². The minimum absolute atomic E-state index is 0.775. The summed E-state index contributed by atoms with van der Waals surface area (Å²) in [6, 6.07) is 0. The zero-order valence-corrected chi connectivity index (χ0v) is 7.27. The van der Waals surface area contributed by atoms with Gasteiger partial charge in [-0.15, -0.1) is 5.10 Å². The van der Waals surface area contributed by atoms with Crippen LogP contribution in [-0.4, -0.2) is 33.3 Å². The van der Waals surface area contributed by atoms with E-state index in [0.29, 0.717) is 0 Å². The molecule has 1 fully saturated rings. The second kappa shape index (κ2) is 3.08. The van der Waals surface area contributed by atoms with E-state index >= 15 is 0 Å². The number of hydrogen-bond acceptors (Lipinski definition) is 4. The van der Waals surface area contributed by atoms with Gasteiger partial charge >= 0.3 is 0 Å². The number of tetrazole rings is 1. The Kier molecular flexibility index (Phi) is 1.93. The molecule has 0 amide bonds. The van der Waals surface area contributed by atoms with Crippen molar-refractivity contribution in [3.63, 3.8) is 0 Å². The fraction of sp³-hybridized carbons (Fsp3) is 0.857. The molecule has 0 N–H and O–H groups in total. The highest BCUT2D eigenvalue weighted by Gasteiger charge is 2.14. The Morgan fingerprint density at radius 2 is 1.92 bits per heavy atom. The quantitative estimate of drug-likeness (QED) is 0.599. The summed E-state index contributed by atoms with van der Waals surface area (Å²) in [5.41, 5.74) is 0. The smallest absolute Gasteiger partial charge is 0.266 e. The number of hydrogen-bond donors (Lipinski definition) is 0. The fourth-order valence-electron chi connectivity index (χ4n) is 1.49. The molecule has 0 aliphatic carbocycles. The van der Waals surface area contributed by atoms with Crippen LogP contribution in [0, 0.1) is 0 Å². The summed E-state index contributed by atoms with van der Waals surface area (Å²) in [5.74, 6) is 0.775. The molecule has 1 aromatic heterocycles. The van der Waals surface area contributed by atoms with Gasteiger partial charge in [0.05, 0.1) is 7.05 Å². The predicted molar refractivity (Wildman–Crippen MR) is 44.9 cm³/mol. The van der Waals surface area contributed by atoms with Gasteiger partial charge in [0.15, 0.2) is 0 Å². The Balaban J connectivity index is 2.08. The SMILES string of the molecule is Cn1nnc(N2CCCCC2)n1. The second-order valence-electron chi connectivity index (χ2n) is 3.13. The maximum absolute atomic E-state index is 4.15. The zero-order valence-electron chi connectivity index (χ0n) is 7.27. The van der Waals surface area contributed by atoms with E-state index in [0.717, 1.165) is 19.0 Å². The first-order chi connectivity index (χ1) is 5.86. The second-order valence-corrected chi connectivity index (χ2v) is 3.13. The van der Waals surface area contributed by atoms with Crippen molar-refractivity contribution in [2.45, 2.75) is 19.3 Å². The van der Waals surface area contributed by atoms with E-state index in [4.69, 9.17) is 0 Å². The van der Waals surface area contributed by atoms with Gasteiger partial charge in [0, 0.05) is 13.1 Å². The van der Waals surface area contributed by atoms with Crippen LogP contribution in [0.15, 0.2) is 0 Å². The summed E-state index contributed by atoms with van der Waals surface area (Å²) >= 11 is 0. The molecule has 12 heavy (non-hydrogen) atoms. The van der Waals surface area contributed by atoms with Crippen LogP contribution in [0.1, 0.15) is 19.3 Å². The normalized spacial score (nSPS) is 18.2. The number of nitrogens with zero attached hydrogens (tertiary/aromatic N) is 5. The van der Waals surface area contributed by atoms with Gasteiger partial charge in [-0.3, -0.25) is 0 Å². The highest BCUT2D eigenvalue weighted by atomic mass is 15.6. The maximum atomic E-state index is 4.15. The summed E-state index contributed by atoms with van der Waals surface area (Å²) < 4.78 is 0. The monoisotopic (exact) mass is 167 g/mol. The van der Waals surface area contributed by atoms with Crippen molar-refractivity contribution in [1.82, 2.24) is 20.2 Å². The molecule has 5 nitrogen and oxygen atoms in total. The molecule has 2 heterocycles. The molecule has 1 aromatic rings. The van der Waals surface area contributed by atoms with Crippen LogP contribution in [-0.2, 0) is 7.05 Å². The molecule has 0 radical (unpaired) electrons. The molecular formula is C7H13N5. The lowest BCUT2D eigenvalue weighted by Gasteiger charge is -2.24. The minimum Gasteiger partial charge on any atom is -0.338 e. The first kappa shape index (κ1) is 7.52. The van der Waals surface area contributed by atoms with Gasteiger partial charge in [0.25, 0.3) is 5.95 Å². The number of rotatable bonds is 1. The lowest BCUT2D eigenvalue weighted by molar-refractivity contribution is 0.566. The Hall–Kier alpha value is -1.13. The van der Waals surface area contributed by atoms with E-state index in [1.54, 1.807) is 7.05 Å². The van der Waals surface area contributed by atoms with Crippen molar-refractivity contribution in [3.8, 4) is 0 Å². The highest BCUT2D eigenvalue weighted by Crippen LogP contribution is 2.13.